The molecule has 0 bridgehead atoms. The minimum absolute atomic E-state index is 0.238. The van der Waals surface area contributed by atoms with Crippen molar-refractivity contribution < 1.29 is 9.47 Å². The summed E-state index contributed by atoms with van der Waals surface area (Å²) in [5, 5.41) is 10.9. The fourth-order valence-electron chi connectivity index (χ4n) is 3.47. The Morgan fingerprint density at radius 1 is 1.15 bits per heavy atom. The molecule has 0 saturated heterocycles. The summed E-state index contributed by atoms with van der Waals surface area (Å²) in [7, 11) is 1.56. The largest absolute Gasteiger partial charge is 0.493 e. The van der Waals surface area contributed by atoms with E-state index in [4.69, 9.17) is 32.7 Å². The second kappa shape index (κ2) is 10.1. The third-order valence-electron chi connectivity index (χ3n) is 5.42. The Kier molecular flexibility index (Phi) is 7.18. The van der Waals surface area contributed by atoms with Crippen LogP contribution in [0, 0.1) is 25.2 Å². The molecule has 8 heteroatoms. The number of halogens is 3. The standard InChI is InChI=1S/C26H20BrCl2N3O2/c1-14-6-22-23(7-15(14)2)32-26(31-22)18(12-30)8-16-9-20(27)25(24(10-16)33-3)34-13-17-4-5-19(28)11-21(17)29/h4-11H,13H2,1-3H3,(H,31,32)/b18-8+. The number of nitriles is 1. The highest BCUT2D eigenvalue weighted by Crippen LogP contribution is 2.38. The highest BCUT2D eigenvalue weighted by atomic mass is 79.9. The molecule has 5 nitrogen and oxygen atoms in total. The number of imidazole rings is 1. The van der Waals surface area contributed by atoms with Gasteiger partial charge in [-0.1, -0.05) is 29.3 Å². The zero-order valence-electron chi connectivity index (χ0n) is 18.7. The van der Waals surface area contributed by atoms with Crippen molar-refractivity contribution in [1.82, 2.24) is 9.97 Å². The Morgan fingerprint density at radius 3 is 2.62 bits per heavy atom. The second-order valence-corrected chi connectivity index (χ2v) is 9.47. The van der Waals surface area contributed by atoms with Crippen molar-refractivity contribution in [3.05, 3.63) is 85.1 Å². The average Bonchev–Trinajstić information content (AvgIpc) is 3.20. The molecule has 1 N–H and O–H groups in total. The van der Waals surface area contributed by atoms with Gasteiger partial charge in [-0.3, -0.25) is 0 Å². The third kappa shape index (κ3) is 5.07. The zero-order chi connectivity index (χ0) is 24.4. The molecule has 0 fully saturated rings. The first-order chi connectivity index (χ1) is 16.3. The second-order valence-electron chi connectivity index (χ2n) is 7.77. The first-order valence-electron chi connectivity index (χ1n) is 10.3. The molecule has 0 radical (unpaired) electrons. The van der Waals surface area contributed by atoms with Crippen LogP contribution in [0.5, 0.6) is 11.5 Å². The van der Waals surface area contributed by atoms with E-state index in [1.807, 2.05) is 38.1 Å². The number of aryl methyl sites for hydroxylation is 2. The molecule has 0 unspecified atom stereocenters. The first-order valence-corrected chi connectivity index (χ1v) is 11.9. The molecule has 0 amide bonds. The third-order valence-corrected chi connectivity index (χ3v) is 6.60. The van der Waals surface area contributed by atoms with Crippen molar-refractivity contribution in [2.45, 2.75) is 20.5 Å². The van der Waals surface area contributed by atoms with Crippen LogP contribution in [0.2, 0.25) is 10.0 Å². The van der Waals surface area contributed by atoms with Gasteiger partial charge in [-0.25, -0.2) is 4.98 Å². The fourth-order valence-corrected chi connectivity index (χ4v) is 4.51. The van der Waals surface area contributed by atoms with Crippen molar-refractivity contribution in [1.29, 1.82) is 5.26 Å². The van der Waals surface area contributed by atoms with Gasteiger partial charge in [-0.15, -0.1) is 0 Å². The van der Waals surface area contributed by atoms with Crippen LogP contribution in [0.4, 0.5) is 0 Å². The lowest BCUT2D eigenvalue weighted by atomic mass is 10.1. The maximum Gasteiger partial charge on any atom is 0.175 e. The van der Waals surface area contributed by atoms with Crippen molar-refractivity contribution in [2.75, 3.05) is 7.11 Å². The number of rotatable bonds is 6. The van der Waals surface area contributed by atoms with Gasteiger partial charge >= 0.3 is 0 Å². The van der Waals surface area contributed by atoms with Crippen LogP contribution in [0.3, 0.4) is 0 Å². The number of aromatic amines is 1. The average molecular weight is 557 g/mol. The topological polar surface area (TPSA) is 70.9 Å². The molecule has 34 heavy (non-hydrogen) atoms. The summed E-state index contributed by atoms with van der Waals surface area (Å²) < 4.78 is 12.2. The van der Waals surface area contributed by atoms with Gasteiger partial charge in [0.2, 0.25) is 0 Å². The van der Waals surface area contributed by atoms with Crippen molar-refractivity contribution in [3.63, 3.8) is 0 Å². The van der Waals surface area contributed by atoms with Gasteiger partial charge in [-0.05, 0) is 88.9 Å². The summed E-state index contributed by atoms with van der Waals surface area (Å²) in [6.45, 7) is 4.32. The van der Waals surface area contributed by atoms with Gasteiger partial charge < -0.3 is 14.5 Å². The summed E-state index contributed by atoms with van der Waals surface area (Å²) in [4.78, 5) is 7.85. The number of fused-ring (bicyclic) bond motifs is 1. The normalized spacial score (nSPS) is 11.5. The molecule has 4 aromatic rings. The summed E-state index contributed by atoms with van der Waals surface area (Å²) in [5.74, 6) is 1.55. The van der Waals surface area contributed by atoms with Crippen LogP contribution in [-0.4, -0.2) is 17.1 Å². The predicted molar refractivity (Wildman–Crippen MR) is 141 cm³/mol. The van der Waals surface area contributed by atoms with Gasteiger partial charge in [-0.2, -0.15) is 5.26 Å². The number of nitrogens with zero attached hydrogens (tertiary/aromatic N) is 2. The maximum atomic E-state index is 9.81. The SMILES string of the molecule is COc1cc(/C=C(\C#N)c2nc3cc(C)c(C)cc3[nH]2)cc(Br)c1OCc1ccc(Cl)cc1Cl. The highest BCUT2D eigenvalue weighted by Gasteiger charge is 2.15. The summed E-state index contributed by atoms with van der Waals surface area (Å²) in [6.07, 6.45) is 1.75. The number of benzene rings is 3. The predicted octanol–water partition coefficient (Wildman–Crippen LogP) is 7.90. The van der Waals surface area contributed by atoms with Crippen LogP contribution in [-0.2, 0) is 6.61 Å². The smallest absolute Gasteiger partial charge is 0.175 e. The van der Waals surface area contributed by atoms with Gasteiger partial charge in [0.25, 0.3) is 0 Å². The van der Waals surface area contributed by atoms with Crippen LogP contribution in [0.1, 0.15) is 28.1 Å². The molecule has 172 valence electrons. The number of ether oxygens (including phenoxy) is 2. The van der Waals surface area contributed by atoms with Crippen LogP contribution < -0.4 is 9.47 Å². The minimum atomic E-state index is 0.238. The first kappa shape index (κ1) is 24.2. The Bertz CT molecular complexity index is 1430. The minimum Gasteiger partial charge on any atom is -0.493 e. The molecule has 1 aromatic heterocycles. The van der Waals surface area contributed by atoms with E-state index in [1.165, 1.54) is 0 Å². The van der Waals surface area contributed by atoms with E-state index < -0.39 is 0 Å². The molecular formula is C26H20BrCl2N3O2. The number of H-pyrrole nitrogens is 1. The van der Waals surface area contributed by atoms with Gasteiger partial charge in [0, 0.05) is 15.6 Å². The van der Waals surface area contributed by atoms with Crippen LogP contribution >= 0.6 is 39.1 Å². The Labute approximate surface area is 216 Å². The number of methoxy groups -OCH3 is 1. The van der Waals surface area contributed by atoms with E-state index in [0.29, 0.717) is 37.4 Å². The number of aromatic nitrogens is 2. The molecule has 4 rings (SSSR count). The van der Waals surface area contributed by atoms with Crippen molar-refractivity contribution >= 4 is 61.8 Å². The summed E-state index contributed by atoms with van der Waals surface area (Å²) >= 11 is 15.8. The molecule has 0 spiro atoms. The van der Waals surface area contributed by atoms with Gasteiger partial charge in [0.15, 0.2) is 11.5 Å². The lowest BCUT2D eigenvalue weighted by Crippen LogP contribution is -2.00. The molecule has 1 heterocycles. The Morgan fingerprint density at radius 2 is 1.91 bits per heavy atom. The number of nitrogens with one attached hydrogen (secondary N) is 1. The highest BCUT2D eigenvalue weighted by molar-refractivity contribution is 9.10. The molecule has 0 aliphatic rings. The van der Waals surface area contributed by atoms with Gasteiger partial charge in [0.1, 0.15) is 18.5 Å². The monoisotopic (exact) mass is 555 g/mol. The summed E-state index contributed by atoms with van der Waals surface area (Å²) in [6, 6.07) is 15.2. The van der Waals surface area contributed by atoms with E-state index >= 15 is 0 Å². The fraction of sp³-hybridized carbons (Fsp3) is 0.154. The van der Waals surface area contributed by atoms with E-state index in [1.54, 1.807) is 31.4 Å². The Hall–Kier alpha value is -2.98. The molecule has 0 aliphatic heterocycles. The van der Waals surface area contributed by atoms with E-state index in [9.17, 15) is 5.26 Å². The van der Waals surface area contributed by atoms with E-state index in [-0.39, 0.29) is 6.61 Å². The van der Waals surface area contributed by atoms with Crippen LogP contribution in [0.15, 0.2) is 46.9 Å². The number of hydrogen-bond donors (Lipinski definition) is 1. The maximum absolute atomic E-state index is 9.81. The van der Waals surface area contributed by atoms with E-state index in [0.717, 1.165) is 33.3 Å². The van der Waals surface area contributed by atoms with Crippen molar-refractivity contribution in [3.8, 4) is 17.6 Å². The lowest BCUT2D eigenvalue weighted by molar-refractivity contribution is 0.282. The molecule has 0 saturated carbocycles. The number of hydrogen-bond acceptors (Lipinski definition) is 4. The number of allylic oxidation sites excluding steroid dienone is 1. The van der Waals surface area contributed by atoms with Crippen molar-refractivity contribution in [2.24, 2.45) is 0 Å². The Balaban J connectivity index is 1.65. The van der Waals surface area contributed by atoms with Gasteiger partial charge in [0.05, 0.1) is 28.2 Å². The molecule has 0 aliphatic carbocycles. The molecule has 0 atom stereocenters. The zero-order valence-corrected chi connectivity index (χ0v) is 21.8. The quantitative estimate of drug-likeness (QED) is 0.245. The molecular weight excluding hydrogens is 537 g/mol. The van der Waals surface area contributed by atoms with Crippen LogP contribution in [0.25, 0.3) is 22.7 Å². The lowest BCUT2D eigenvalue weighted by Gasteiger charge is -2.14. The molecule has 3 aromatic carbocycles. The van der Waals surface area contributed by atoms with E-state index in [2.05, 4.69) is 32.0 Å². The summed E-state index contributed by atoms with van der Waals surface area (Å²) in [5.41, 5.74) is 5.98.